The van der Waals surface area contributed by atoms with Crippen LogP contribution in [-0.4, -0.2) is 9.59 Å². The number of hydrogen-bond acceptors (Lipinski definition) is 6. The van der Waals surface area contributed by atoms with Gasteiger partial charge in [-0.25, -0.2) is 0 Å². The van der Waals surface area contributed by atoms with E-state index in [1.54, 1.807) is 11.3 Å². The minimum atomic E-state index is 0.0552. The van der Waals surface area contributed by atoms with Crippen LogP contribution in [0.4, 0.5) is 0 Å². The molecular weight excluding hydrogens is 276 g/mol. The molecule has 2 heterocycles. The van der Waals surface area contributed by atoms with E-state index in [2.05, 4.69) is 21.9 Å². The Hall–Kier alpha value is -0.530. The number of aryl methyl sites for hydroxylation is 1. The summed E-state index contributed by atoms with van der Waals surface area (Å²) in [5, 5.41) is 4.10. The second-order valence-corrected chi connectivity index (χ2v) is 6.15. The quantitative estimate of drug-likeness (QED) is 0.656. The number of rotatable bonds is 5. The standard InChI is InChI=1S/C10H13ClN4S2/c1-2-7-10(17-15-14-7)8(13-12)5-6-3-4-9(11)16-6/h3-4,8,13H,2,5,12H2,1H3. The summed E-state index contributed by atoms with van der Waals surface area (Å²) in [5.41, 5.74) is 3.85. The molecule has 2 aromatic rings. The van der Waals surface area contributed by atoms with E-state index < -0.39 is 0 Å². The summed E-state index contributed by atoms with van der Waals surface area (Å²) in [5.74, 6) is 5.61. The molecule has 0 aliphatic rings. The van der Waals surface area contributed by atoms with Gasteiger partial charge in [-0.15, -0.1) is 16.4 Å². The number of hydrazine groups is 1. The Morgan fingerprint density at radius 3 is 2.94 bits per heavy atom. The molecule has 2 aromatic heterocycles. The van der Waals surface area contributed by atoms with E-state index in [1.807, 2.05) is 12.1 Å². The number of halogens is 1. The minimum absolute atomic E-state index is 0.0552. The van der Waals surface area contributed by atoms with Crippen molar-refractivity contribution >= 4 is 34.5 Å². The lowest BCUT2D eigenvalue weighted by Gasteiger charge is -2.13. The van der Waals surface area contributed by atoms with Crippen LogP contribution in [0.1, 0.15) is 28.4 Å². The molecule has 0 fully saturated rings. The summed E-state index contributed by atoms with van der Waals surface area (Å²) in [7, 11) is 0. The molecular formula is C10H13ClN4S2. The van der Waals surface area contributed by atoms with Crippen LogP contribution >= 0.6 is 34.5 Å². The van der Waals surface area contributed by atoms with Crippen molar-refractivity contribution in [2.45, 2.75) is 25.8 Å². The average molecular weight is 289 g/mol. The molecule has 3 N–H and O–H groups in total. The summed E-state index contributed by atoms with van der Waals surface area (Å²) in [4.78, 5) is 2.31. The molecule has 0 aliphatic carbocycles. The lowest BCUT2D eigenvalue weighted by molar-refractivity contribution is 0.559. The maximum absolute atomic E-state index is 5.92. The molecule has 4 nitrogen and oxygen atoms in total. The van der Waals surface area contributed by atoms with E-state index in [1.165, 1.54) is 16.4 Å². The summed E-state index contributed by atoms with van der Waals surface area (Å²) in [6.45, 7) is 2.07. The monoisotopic (exact) mass is 288 g/mol. The van der Waals surface area contributed by atoms with Gasteiger partial charge < -0.3 is 0 Å². The number of nitrogens with zero attached hydrogens (tertiary/aromatic N) is 2. The van der Waals surface area contributed by atoms with Crippen LogP contribution < -0.4 is 11.3 Å². The summed E-state index contributed by atoms with van der Waals surface area (Å²) in [6.07, 6.45) is 1.68. The SMILES string of the molecule is CCc1nnsc1C(Cc1ccc(Cl)s1)NN. The van der Waals surface area contributed by atoms with Crippen molar-refractivity contribution in [3.63, 3.8) is 0 Å². The molecule has 17 heavy (non-hydrogen) atoms. The molecule has 2 rings (SSSR count). The van der Waals surface area contributed by atoms with Crippen LogP contribution in [0.2, 0.25) is 4.34 Å². The van der Waals surface area contributed by atoms with Gasteiger partial charge in [-0.05, 0) is 30.1 Å². The Balaban J connectivity index is 2.16. The largest absolute Gasteiger partial charge is 0.271 e. The first kappa shape index (κ1) is 12.9. The first-order valence-corrected chi connectivity index (χ1v) is 7.22. The van der Waals surface area contributed by atoms with Crippen molar-refractivity contribution in [2.24, 2.45) is 5.84 Å². The normalized spacial score (nSPS) is 12.9. The van der Waals surface area contributed by atoms with Crippen molar-refractivity contribution < 1.29 is 0 Å². The fourth-order valence-electron chi connectivity index (χ4n) is 1.62. The lowest BCUT2D eigenvalue weighted by Crippen LogP contribution is -2.29. The van der Waals surface area contributed by atoms with Crippen LogP contribution in [0, 0.1) is 0 Å². The fraction of sp³-hybridized carbons (Fsp3) is 0.400. The van der Waals surface area contributed by atoms with Gasteiger partial charge in [0.25, 0.3) is 0 Å². The second kappa shape index (κ2) is 5.88. The van der Waals surface area contributed by atoms with Crippen molar-refractivity contribution in [1.29, 1.82) is 0 Å². The van der Waals surface area contributed by atoms with Crippen LogP contribution in [-0.2, 0) is 12.8 Å². The maximum Gasteiger partial charge on any atom is 0.0931 e. The summed E-state index contributed by atoms with van der Waals surface area (Å²) in [6, 6.07) is 3.98. The van der Waals surface area contributed by atoms with E-state index in [9.17, 15) is 0 Å². The number of nitrogens with two attached hydrogens (primary N) is 1. The fourth-order valence-corrected chi connectivity index (χ4v) is 3.54. The topological polar surface area (TPSA) is 63.8 Å². The molecule has 1 atom stereocenters. The van der Waals surface area contributed by atoms with Gasteiger partial charge in [0, 0.05) is 11.3 Å². The molecule has 0 amide bonds. The van der Waals surface area contributed by atoms with Crippen LogP contribution in [0.15, 0.2) is 12.1 Å². The molecule has 0 radical (unpaired) electrons. The number of thiophene rings is 1. The Bertz CT molecular complexity index is 482. The van der Waals surface area contributed by atoms with E-state index in [0.29, 0.717) is 0 Å². The third-order valence-electron chi connectivity index (χ3n) is 2.47. The van der Waals surface area contributed by atoms with Gasteiger partial charge in [-0.1, -0.05) is 23.0 Å². The average Bonchev–Trinajstić information content (AvgIpc) is 2.94. The molecule has 0 aromatic carbocycles. The van der Waals surface area contributed by atoms with Gasteiger partial charge >= 0.3 is 0 Å². The Labute approximate surface area is 113 Å². The summed E-state index contributed by atoms with van der Waals surface area (Å²) >= 11 is 8.89. The highest BCUT2D eigenvalue weighted by atomic mass is 35.5. The first-order valence-electron chi connectivity index (χ1n) is 5.26. The van der Waals surface area contributed by atoms with E-state index >= 15 is 0 Å². The van der Waals surface area contributed by atoms with Crippen LogP contribution in [0.5, 0.6) is 0 Å². The van der Waals surface area contributed by atoms with Crippen molar-refractivity contribution in [2.75, 3.05) is 0 Å². The Morgan fingerprint density at radius 1 is 1.53 bits per heavy atom. The number of hydrogen-bond donors (Lipinski definition) is 2. The predicted octanol–water partition coefficient (Wildman–Crippen LogP) is 2.56. The van der Waals surface area contributed by atoms with Crippen molar-refractivity contribution in [3.8, 4) is 0 Å². The number of aromatic nitrogens is 2. The molecule has 92 valence electrons. The Kier molecular flexibility index (Phi) is 4.47. The number of nitrogens with one attached hydrogen (secondary N) is 1. The van der Waals surface area contributed by atoms with E-state index in [0.717, 1.165) is 27.7 Å². The van der Waals surface area contributed by atoms with Gasteiger partial charge in [-0.2, -0.15) is 0 Å². The third-order valence-corrected chi connectivity index (χ3v) is 4.61. The zero-order valence-electron chi connectivity index (χ0n) is 9.31. The first-order chi connectivity index (χ1) is 8.24. The molecule has 0 aliphatic heterocycles. The minimum Gasteiger partial charge on any atom is -0.271 e. The molecule has 0 bridgehead atoms. The second-order valence-electron chi connectivity index (χ2n) is 3.57. The van der Waals surface area contributed by atoms with Crippen molar-refractivity contribution in [1.82, 2.24) is 15.0 Å². The molecule has 1 unspecified atom stereocenters. The smallest absolute Gasteiger partial charge is 0.0931 e. The highest BCUT2D eigenvalue weighted by Gasteiger charge is 2.18. The molecule has 0 saturated carbocycles. The van der Waals surface area contributed by atoms with E-state index in [4.69, 9.17) is 17.4 Å². The zero-order chi connectivity index (χ0) is 12.3. The lowest BCUT2D eigenvalue weighted by atomic mass is 10.1. The molecule has 0 saturated heterocycles. The zero-order valence-corrected chi connectivity index (χ0v) is 11.7. The van der Waals surface area contributed by atoms with Gasteiger partial charge in [0.1, 0.15) is 0 Å². The third kappa shape index (κ3) is 3.02. The molecule has 0 spiro atoms. The predicted molar refractivity (Wildman–Crippen MR) is 72.4 cm³/mol. The van der Waals surface area contributed by atoms with Gasteiger partial charge in [0.05, 0.1) is 20.9 Å². The summed E-state index contributed by atoms with van der Waals surface area (Å²) < 4.78 is 4.78. The van der Waals surface area contributed by atoms with Gasteiger partial charge in [0.2, 0.25) is 0 Å². The van der Waals surface area contributed by atoms with Crippen LogP contribution in [0.25, 0.3) is 0 Å². The Morgan fingerprint density at radius 2 is 2.35 bits per heavy atom. The van der Waals surface area contributed by atoms with E-state index in [-0.39, 0.29) is 6.04 Å². The highest BCUT2D eigenvalue weighted by Crippen LogP contribution is 2.28. The van der Waals surface area contributed by atoms with Crippen molar-refractivity contribution in [3.05, 3.63) is 31.9 Å². The highest BCUT2D eigenvalue weighted by molar-refractivity contribution is 7.16. The maximum atomic E-state index is 5.92. The van der Waals surface area contributed by atoms with Crippen LogP contribution in [0.3, 0.4) is 0 Å². The molecule has 7 heteroatoms. The van der Waals surface area contributed by atoms with Gasteiger partial charge in [0.15, 0.2) is 0 Å². The van der Waals surface area contributed by atoms with Gasteiger partial charge in [-0.3, -0.25) is 11.3 Å².